The molecule has 1 fully saturated rings. The van der Waals surface area contributed by atoms with Crippen LogP contribution in [0.25, 0.3) is 0 Å². The maximum absolute atomic E-state index is 12.2. The van der Waals surface area contributed by atoms with E-state index in [1.807, 2.05) is 18.2 Å². The number of aryl methyl sites for hydroxylation is 1. The maximum Gasteiger partial charge on any atom is 0.301 e. The first-order valence-electron chi connectivity index (χ1n) is 6.62. The monoisotopic (exact) mass is 362 g/mol. The van der Waals surface area contributed by atoms with Crippen molar-refractivity contribution in [3.63, 3.8) is 0 Å². The number of hydrogen-bond acceptors (Lipinski definition) is 3. The van der Waals surface area contributed by atoms with Gasteiger partial charge in [-0.05, 0) is 30.5 Å². The van der Waals surface area contributed by atoms with Crippen molar-refractivity contribution >= 4 is 31.8 Å². The van der Waals surface area contributed by atoms with Crippen LogP contribution in [0.1, 0.15) is 12.0 Å². The van der Waals surface area contributed by atoms with E-state index in [2.05, 4.69) is 20.7 Å². The Hall–Kier alpha value is -0.630. The number of alkyl halides is 1. The molecular formula is C13H19BrN2O3S. The Morgan fingerprint density at radius 3 is 2.75 bits per heavy atom. The van der Waals surface area contributed by atoms with Gasteiger partial charge in [-0.1, -0.05) is 28.1 Å². The quantitative estimate of drug-likeness (QED) is 0.787. The molecule has 1 saturated heterocycles. The van der Waals surface area contributed by atoms with Crippen molar-refractivity contribution < 1.29 is 13.2 Å². The molecule has 1 aromatic carbocycles. The van der Waals surface area contributed by atoms with Gasteiger partial charge >= 0.3 is 10.2 Å². The number of anilines is 1. The normalized spacial score (nSPS) is 17.1. The molecule has 0 bridgehead atoms. The molecule has 0 aliphatic carbocycles. The van der Waals surface area contributed by atoms with E-state index in [0.717, 1.165) is 23.7 Å². The van der Waals surface area contributed by atoms with E-state index in [1.165, 1.54) is 4.31 Å². The zero-order chi connectivity index (χ0) is 14.4. The Bertz CT molecular complexity index is 530. The fourth-order valence-corrected chi connectivity index (χ4v) is 3.53. The summed E-state index contributed by atoms with van der Waals surface area (Å²) in [7, 11) is -3.48. The van der Waals surface area contributed by atoms with Gasteiger partial charge in [0.05, 0.1) is 18.9 Å². The second kappa shape index (κ2) is 7.40. The third-order valence-electron chi connectivity index (χ3n) is 3.08. The first-order chi connectivity index (χ1) is 9.62. The number of morpholine rings is 1. The number of rotatable bonds is 6. The van der Waals surface area contributed by atoms with Crippen molar-refractivity contribution in [1.29, 1.82) is 0 Å². The average Bonchev–Trinajstić information content (AvgIpc) is 2.46. The van der Waals surface area contributed by atoms with E-state index in [0.29, 0.717) is 32.0 Å². The Kier molecular flexibility index (Phi) is 5.83. The van der Waals surface area contributed by atoms with E-state index in [1.54, 1.807) is 6.07 Å². The molecule has 2 rings (SSSR count). The third kappa shape index (κ3) is 4.44. The lowest BCUT2D eigenvalue weighted by Gasteiger charge is -2.26. The zero-order valence-electron chi connectivity index (χ0n) is 11.2. The summed E-state index contributed by atoms with van der Waals surface area (Å²) in [6, 6.07) is 7.55. The maximum atomic E-state index is 12.2. The van der Waals surface area contributed by atoms with Crippen LogP contribution in [0.2, 0.25) is 0 Å². The van der Waals surface area contributed by atoms with E-state index in [4.69, 9.17) is 4.74 Å². The van der Waals surface area contributed by atoms with Crippen molar-refractivity contribution in [3.8, 4) is 0 Å². The van der Waals surface area contributed by atoms with Crippen LogP contribution in [0, 0.1) is 0 Å². The molecule has 112 valence electrons. The summed E-state index contributed by atoms with van der Waals surface area (Å²) in [5.41, 5.74) is 1.75. The Morgan fingerprint density at radius 2 is 2.05 bits per heavy atom. The molecule has 1 aliphatic heterocycles. The minimum atomic E-state index is -3.48. The summed E-state index contributed by atoms with van der Waals surface area (Å²) < 4.78 is 33.7. The van der Waals surface area contributed by atoms with Crippen LogP contribution < -0.4 is 4.72 Å². The lowest BCUT2D eigenvalue weighted by Crippen LogP contribution is -2.43. The SMILES string of the molecule is O=S(=O)(Nc1cccc(CCCBr)c1)N1CCOCC1. The highest BCUT2D eigenvalue weighted by Crippen LogP contribution is 2.16. The Morgan fingerprint density at radius 1 is 1.30 bits per heavy atom. The summed E-state index contributed by atoms with van der Waals surface area (Å²) in [6.45, 7) is 1.70. The molecule has 7 heteroatoms. The van der Waals surface area contributed by atoms with Crippen LogP contribution >= 0.6 is 15.9 Å². The highest BCUT2D eigenvalue weighted by atomic mass is 79.9. The number of halogens is 1. The van der Waals surface area contributed by atoms with Crippen molar-refractivity contribution in [1.82, 2.24) is 4.31 Å². The molecule has 1 aromatic rings. The third-order valence-corrected chi connectivity index (χ3v) is 5.18. The molecule has 5 nitrogen and oxygen atoms in total. The van der Waals surface area contributed by atoms with Crippen LogP contribution in [0.3, 0.4) is 0 Å². The summed E-state index contributed by atoms with van der Waals surface area (Å²) in [6.07, 6.45) is 1.96. The summed E-state index contributed by atoms with van der Waals surface area (Å²) >= 11 is 3.40. The lowest BCUT2D eigenvalue weighted by atomic mass is 10.1. The lowest BCUT2D eigenvalue weighted by molar-refractivity contribution is 0.0733. The highest BCUT2D eigenvalue weighted by molar-refractivity contribution is 9.09. The van der Waals surface area contributed by atoms with E-state index >= 15 is 0 Å². The van der Waals surface area contributed by atoms with Crippen LogP contribution in [0.15, 0.2) is 24.3 Å². The van der Waals surface area contributed by atoms with Gasteiger partial charge < -0.3 is 4.74 Å². The van der Waals surface area contributed by atoms with Gasteiger partial charge in [0, 0.05) is 18.4 Å². The molecular weight excluding hydrogens is 344 g/mol. The number of nitrogens with one attached hydrogen (secondary N) is 1. The van der Waals surface area contributed by atoms with Crippen LogP contribution in [-0.4, -0.2) is 44.4 Å². The van der Waals surface area contributed by atoms with E-state index in [9.17, 15) is 8.42 Å². The second-order valence-electron chi connectivity index (χ2n) is 4.61. The topological polar surface area (TPSA) is 58.6 Å². The van der Waals surface area contributed by atoms with Crippen LogP contribution in [0.5, 0.6) is 0 Å². The van der Waals surface area contributed by atoms with Gasteiger partial charge in [0.25, 0.3) is 0 Å². The van der Waals surface area contributed by atoms with Gasteiger partial charge in [0.1, 0.15) is 0 Å². The molecule has 0 atom stereocenters. The van der Waals surface area contributed by atoms with Gasteiger partial charge in [-0.3, -0.25) is 4.72 Å². The molecule has 20 heavy (non-hydrogen) atoms. The van der Waals surface area contributed by atoms with Gasteiger partial charge in [0.15, 0.2) is 0 Å². The highest BCUT2D eigenvalue weighted by Gasteiger charge is 2.24. The standard InChI is InChI=1S/C13H19BrN2O3S/c14-6-2-4-12-3-1-5-13(11-12)15-20(17,18)16-7-9-19-10-8-16/h1,3,5,11,15H,2,4,6-10H2. The molecule has 0 saturated carbocycles. The molecule has 1 N–H and O–H groups in total. The molecule has 0 amide bonds. The van der Waals surface area contributed by atoms with Gasteiger partial charge in [-0.25, -0.2) is 0 Å². The van der Waals surface area contributed by atoms with Crippen LogP contribution in [-0.2, 0) is 21.4 Å². The fraction of sp³-hybridized carbons (Fsp3) is 0.538. The molecule has 1 heterocycles. The average molecular weight is 363 g/mol. The summed E-state index contributed by atoms with van der Waals surface area (Å²) in [5.74, 6) is 0. The first kappa shape index (κ1) is 15.8. The van der Waals surface area contributed by atoms with Gasteiger partial charge in [0.2, 0.25) is 0 Å². The van der Waals surface area contributed by atoms with Crippen molar-refractivity contribution in [2.75, 3.05) is 36.4 Å². The minimum absolute atomic E-state index is 0.401. The number of benzene rings is 1. The van der Waals surface area contributed by atoms with E-state index < -0.39 is 10.2 Å². The molecule has 0 unspecified atom stereocenters. The van der Waals surface area contributed by atoms with E-state index in [-0.39, 0.29) is 0 Å². The van der Waals surface area contributed by atoms with Gasteiger partial charge in [-0.15, -0.1) is 0 Å². The smallest absolute Gasteiger partial charge is 0.301 e. The fourth-order valence-electron chi connectivity index (χ4n) is 2.06. The predicted octanol–water partition coefficient (Wildman–Crippen LogP) is 2.00. The predicted molar refractivity (Wildman–Crippen MR) is 83.5 cm³/mol. The number of hydrogen-bond donors (Lipinski definition) is 1. The Labute approximate surface area is 128 Å². The minimum Gasteiger partial charge on any atom is -0.379 e. The van der Waals surface area contributed by atoms with Crippen LogP contribution in [0.4, 0.5) is 5.69 Å². The molecule has 0 aromatic heterocycles. The Balaban J connectivity index is 2.04. The molecule has 1 aliphatic rings. The van der Waals surface area contributed by atoms with Gasteiger partial charge in [-0.2, -0.15) is 12.7 Å². The number of ether oxygens (including phenoxy) is 1. The second-order valence-corrected chi connectivity index (χ2v) is 7.08. The number of nitrogens with zero attached hydrogens (tertiary/aromatic N) is 1. The summed E-state index contributed by atoms with van der Waals surface area (Å²) in [5, 5.41) is 0.941. The van der Waals surface area contributed by atoms with Crippen molar-refractivity contribution in [2.24, 2.45) is 0 Å². The zero-order valence-corrected chi connectivity index (χ0v) is 13.6. The first-order valence-corrected chi connectivity index (χ1v) is 9.18. The van der Waals surface area contributed by atoms with Crippen molar-refractivity contribution in [2.45, 2.75) is 12.8 Å². The molecule has 0 radical (unpaired) electrons. The largest absolute Gasteiger partial charge is 0.379 e. The summed E-state index contributed by atoms with van der Waals surface area (Å²) in [4.78, 5) is 0. The van der Waals surface area contributed by atoms with Crippen molar-refractivity contribution in [3.05, 3.63) is 29.8 Å². The molecule has 0 spiro atoms.